The Morgan fingerprint density at radius 3 is 2.95 bits per heavy atom. The molecule has 1 unspecified atom stereocenters. The van der Waals surface area contributed by atoms with Crippen LogP contribution < -0.4 is 5.32 Å². The van der Waals surface area contributed by atoms with Crippen LogP contribution in [0.1, 0.15) is 18.9 Å². The Hall–Kier alpha value is -2.21. The van der Waals surface area contributed by atoms with Crippen molar-refractivity contribution in [3.05, 3.63) is 46.0 Å². The Morgan fingerprint density at radius 2 is 2.30 bits per heavy atom. The molecule has 1 aromatic rings. The molecule has 0 bridgehead atoms. The molecule has 0 spiro atoms. The van der Waals surface area contributed by atoms with Crippen molar-refractivity contribution in [2.24, 2.45) is 5.92 Å². The van der Waals surface area contributed by atoms with Crippen LogP contribution in [0.25, 0.3) is 6.08 Å². The molecule has 0 aliphatic carbocycles. The van der Waals surface area contributed by atoms with Crippen molar-refractivity contribution < 1.29 is 14.8 Å². The van der Waals surface area contributed by atoms with Crippen molar-refractivity contribution in [3.8, 4) is 0 Å². The predicted octanol–water partition coefficient (Wildman–Crippen LogP) is 1.74. The zero-order valence-corrected chi connectivity index (χ0v) is 11.3. The molecule has 6 nitrogen and oxygen atoms in total. The summed E-state index contributed by atoms with van der Waals surface area (Å²) in [5, 5.41) is 22.1. The number of amides is 1. The maximum Gasteiger partial charge on any atom is 0.270 e. The lowest BCUT2D eigenvalue weighted by atomic mass is 10.1. The molecule has 0 aliphatic heterocycles. The quantitative estimate of drug-likeness (QED) is 0.451. The molecule has 0 fully saturated rings. The summed E-state index contributed by atoms with van der Waals surface area (Å²) in [6.45, 7) is 2.51. The van der Waals surface area contributed by atoms with Gasteiger partial charge in [-0.2, -0.15) is 0 Å². The fourth-order valence-electron chi connectivity index (χ4n) is 1.57. The minimum atomic E-state index is -0.478. The van der Waals surface area contributed by atoms with Gasteiger partial charge in [-0.15, -0.1) is 0 Å². The highest BCUT2D eigenvalue weighted by atomic mass is 16.6. The molecular weight excluding hydrogens is 260 g/mol. The zero-order chi connectivity index (χ0) is 15.0. The lowest BCUT2D eigenvalue weighted by Gasteiger charge is -2.09. The van der Waals surface area contributed by atoms with Gasteiger partial charge in [0.25, 0.3) is 5.69 Å². The van der Waals surface area contributed by atoms with Crippen LogP contribution in [0.5, 0.6) is 0 Å². The van der Waals surface area contributed by atoms with Gasteiger partial charge in [-0.05, 0) is 24.0 Å². The zero-order valence-electron chi connectivity index (χ0n) is 11.3. The Balaban J connectivity index is 2.53. The molecule has 1 amide bonds. The van der Waals surface area contributed by atoms with E-state index < -0.39 is 4.92 Å². The second-order valence-electron chi connectivity index (χ2n) is 4.55. The molecular formula is C14H18N2O4. The van der Waals surface area contributed by atoms with Crippen molar-refractivity contribution in [1.82, 2.24) is 5.32 Å². The number of hydrogen-bond donors (Lipinski definition) is 2. The molecule has 0 saturated heterocycles. The van der Waals surface area contributed by atoms with E-state index in [2.05, 4.69) is 5.32 Å². The van der Waals surface area contributed by atoms with Crippen LogP contribution in [0.2, 0.25) is 0 Å². The number of non-ortho nitro benzene ring substituents is 1. The predicted molar refractivity (Wildman–Crippen MR) is 76.0 cm³/mol. The lowest BCUT2D eigenvalue weighted by Crippen LogP contribution is -2.26. The van der Waals surface area contributed by atoms with Crippen molar-refractivity contribution in [2.45, 2.75) is 13.3 Å². The van der Waals surface area contributed by atoms with Crippen LogP contribution >= 0.6 is 0 Å². The fraction of sp³-hybridized carbons (Fsp3) is 0.357. The summed E-state index contributed by atoms with van der Waals surface area (Å²) in [7, 11) is 0. The lowest BCUT2D eigenvalue weighted by molar-refractivity contribution is -0.384. The first-order valence-electron chi connectivity index (χ1n) is 6.34. The van der Waals surface area contributed by atoms with Gasteiger partial charge in [0.05, 0.1) is 4.92 Å². The Kier molecular flexibility index (Phi) is 6.39. The van der Waals surface area contributed by atoms with Crippen molar-refractivity contribution in [1.29, 1.82) is 0 Å². The molecule has 0 heterocycles. The Bertz CT molecular complexity index is 500. The van der Waals surface area contributed by atoms with E-state index in [9.17, 15) is 14.9 Å². The van der Waals surface area contributed by atoms with E-state index in [1.54, 1.807) is 12.1 Å². The Morgan fingerprint density at radius 1 is 1.55 bits per heavy atom. The topological polar surface area (TPSA) is 92.5 Å². The van der Waals surface area contributed by atoms with E-state index >= 15 is 0 Å². The summed E-state index contributed by atoms with van der Waals surface area (Å²) in [6.07, 6.45) is 3.50. The third kappa shape index (κ3) is 5.62. The van der Waals surface area contributed by atoms with Crippen molar-refractivity contribution in [2.75, 3.05) is 13.2 Å². The largest absolute Gasteiger partial charge is 0.396 e. The summed E-state index contributed by atoms with van der Waals surface area (Å²) < 4.78 is 0. The minimum absolute atomic E-state index is 0.0101. The first kappa shape index (κ1) is 15.8. The number of carbonyl (C=O) groups is 1. The van der Waals surface area contributed by atoms with Crippen LogP contribution in [0.3, 0.4) is 0 Å². The van der Waals surface area contributed by atoms with Gasteiger partial charge in [0, 0.05) is 31.4 Å². The number of benzene rings is 1. The average molecular weight is 278 g/mol. The maximum atomic E-state index is 11.5. The molecule has 2 N–H and O–H groups in total. The molecule has 0 aromatic heterocycles. The van der Waals surface area contributed by atoms with Crippen LogP contribution in [-0.4, -0.2) is 29.1 Å². The minimum Gasteiger partial charge on any atom is -0.396 e. The molecule has 0 saturated carbocycles. The van der Waals surface area contributed by atoms with Gasteiger partial charge in [0.2, 0.25) is 5.91 Å². The van der Waals surface area contributed by atoms with Crippen molar-refractivity contribution in [3.63, 3.8) is 0 Å². The SMILES string of the molecule is CC(CCO)CNC(=O)/C=C/c1cccc([N+](=O)[O-])c1. The molecule has 0 radical (unpaired) electrons. The average Bonchev–Trinajstić information content (AvgIpc) is 2.43. The maximum absolute atomic E-state index is 11.5. The standard InChI is InChI=1S/C14H18N2O4/c1-11(7-8-17)10-15-14(18)6-5-12-3-2-4-13(9-12)16(19)20/h2-6,9,11,17H,7-8,10H2,1H3,(H,15,18)/b6-5+. The van der Waals surface area contributed by atoms with E-state index in [1.165, 1.54) is 24.3 Å². The van der Waals surface area contributed by atoms with Gasteiger partial charge in [0.1, 0.15) is 0 Å². The van der Waals surface area contributed by atoms with Crippen molar-refractivity contribution >= 4 is 17.7 Å². The number of aliphatic hydroxyl groups excluding tert-OH is 1. The van der Waals surface area contributed by atoms with E-state index in [1.807, 2.05) is 6.92 Å². The number of nitrogens with zero attached hydrogens (tertiary/aromatic N) is 1. The summed E-state index contributed by atoms with van der Waals surface area (Å²) in [5.74, 6) is -0.0588. The highest BCUT2D eigenvalue weighted by Gasteiger charge is 2.05. The number of hydrogen-bond acceptors (Lipinski definition) is 4. The number of carbonyl (C=O) groups excluding carboxylic acids is 1. The highest BCUT2D eigenvalue weighted by Crippen LogP contribution is 2.13. The first-order chi connectivity index (χ1) is 9.52. The van der Waals surface area contributed by atoms with Crippen LogP contribution in [-0.2, 0) is 4.79 Å². The molecule has 6 heteroatoms. The normalized spacial score (nSPS) is 12.3. The molecule has 0 aliphatic rings. The van der Waals surface area contributed by atoms with E-state index in [-0.39, 0.29) is 24.1 Å². The van der Waals surface area contributed by atoms with Gasteiger partial charge < -0.3 is 10.4 Å². The number of nitrogens with one attached hydrogen (secondary N) is 1. The molecule has 20 heavy (non-hydrogen) atoms. The molecule has 1 aromatic carbocycles. The number of rotatable bonds is 7. The summed E-state index contributed by atoms with van der Waals surface area (Å²) in [6, 6.07) is 6.05. The number of aliphatic hydroxyl groups is 1. The fourth-order valence-corrected chi connectivity index (χ4v) is 1.57. The van der Waals surface area contributed by atoms with E-state index in [0.717, 1.165) is 0 Å². The van der Waals surface area contributed by atoms with E-state index in [0.29, 0.717) is 18.5 Å². The summed E-state index contributed by atoms with van der Waals surface area (Å²) >= 11 is 0. The number of nitro benzene ring substituents is 1. The van der Waals surface area contributed by atoms with E-state index in [4.69, 9.17) is 5.11 Å². The first-order valence-corrected chi connectivity index (χ1v) is 6.34. The van der Waals surface area contributed by atoms with Gasteiger partial charge in [0.15, 0.2) is 0 Å². The summed E-state index contributed by atoms with van der Waals surface area (Å²) in [4.78, 5) is 21.7. The third-order valence-electron chi connectivity index (χ3n) is 2.75. The van der Waals surface area contributed by atoms with Crippen LogP contribution in [0.15, 0.2) is 30.3 Å². The molecule has 108 valence electrons. The van der Waals surface area contributed by atoms with Gasteiger partial charge in [-0.1, -0.05) is 19.1 Å². The van der Waals surface area contributed by atoms with Crippen LogP contribution in [0, 0.1) is 16.0 Å². The molecule has 1 atom stereocenters. The number of nitro groups is 1. The van der Waals surface area contributed by atoms with Gasteiger partial charge >= 0.3 is 0 Å². The van der Waals surface area contributed by atoms with Crippen LogP contribution in [0.4, 0.5) is 5.69 Å². The second-order valence-corrected chi connectivity index (χ2v) is 4.55. The van der Waals surface area contributed by atoms with Gasteiger partial charge in [-0.25, -0.2) is 0 Å². The second kappa shape index (κ2) is 8.06. The smallest absolute Gasteiger partial charge is 0.270 e. The Labute approximate surface area is 117 Å². The summed E-state index contributed by atoms with van der Waals surface area (Å²) in [5.41, 5.74) is 0.585. The third-order valence-corrected chi connectivity index (χ3v) is 2.75. The highest BCUT2D eigenvalue weighted by molar-refractivity contribution is 5.91. The van der Waals surface area contributed by atoms with Gasteiger partial charge in [-0.3, -0.25) is 14.9 Å². The monoisotopic (exact) mass is 278 g/mol. The molecule has 1 rings (SSSR count).